The van der Waals surface area contributed by atoms with E-state index in [1.807, 2.05) is 0 Å². The van der Waals surface area contributed by atoms with Crippen molar-refractivity contribution in [2.24, 2.45) is 0 Å². The molecule has 1 heterocycles. The molecule has 88 valence electrons. The minimum atomic E-state index is -2.83. The first-order chi connectivity index (χ1) is 8.19. The van der Waals surface area contributed by atoms with Gasteiger partial charge in [0.1, 0.15) is 5.75 Å². The predicted octanol–water partition coefficient (Wildman–Crippen LogP) is 3.10. The highest BCUT2D eigenvalue weighted by molar-refractivity contribution is 5.75. The third-order valence-electron chi connectivity index (χ3n) is 2.23. The molecule has 1 N–H and O–H groups in total. The number of H-pyrrole nitrogens is 1. The van der Waals surface area contributed by atoms with Gasteiger partial charge in [-0.3, -0.25) is 4.79 Å². The van der Waals surface area contributed by atoms with Crippen LogP contribution in [0.2, 0.25) is 0 Å². The summed E-state index contributed by atoms with van der Waals surface area (Å²) in [5.74, 6) is 0.103. The van der Waals surface area contributed by atoms with E-state index in [1.165, 1.54) is 12.1 Å². The largest absolute Gasteiger partial charge is 0.435 e. The number of aromatic amines is 1. The predicted molar refractivity (Wildman–Crippen MR) is 58.2 cm³/mol. The third-order valence-corrected chi connectivity index (χ3v) is 2.23. The second kappa shape index (κ2) is 4.78. The van der Waals surface area contributed by atoms with Crippen LogP contribution in [0.25, 0.3) is 11.3 Å². The van der Waals surface area contributed by atoms with Crippen LogP contribution in [-0.4, -0.2) is 17.9 Å². The number of carbonyl (C=O) groups excluding carboxylic acids is 1. The van der Waals surface area contributed by atoms with Crippen LogP contribution in [0.5, 0.6) is 5.75 Å². The molecule has 0 saturated heterocycles. The molecule has 0 atom stereocenters. The van der Waals surface area contributed by atoms with Crippen molar-refractivity contribution in [3.63, 3.8) is 0 Å². The fourth-order valence-electron chi connectivity index (χ4n) is 1.47. The zero-order valence-electron chi connectivity index (χ0n) is 8.69. The Morgan fingerprint density at radius 3 is 2.35 bits per heavy atom. The van der Waals surface area contributed by atoms with E-state index in [9.17, 15) is 13.6 Å². The van der Waals surface area contributed by atoms with E-state index in [0.717, 1.165) is 11.3 Å². The number of aldehydes is 1. The number of carbonyl (C=O) groups is 1. The lowest BCUT2D eigenvalue weighted by Crippen LogP contribution is -2.01. The maximum Gasteiger partial charge on any atom is 0.387 e. The lowest BCUT2D eigenvalue weighted by atomic mass is 10.1. The zero-order valence-corrected chi connectivity index (χ0v) is 8.69. The summed E-state index contributed by atoms with van der Waals surface area (Å²) in [4.78, 5) is 13.4. The average Bonchev–Trinajstić information content (AvgIpc) is 2.78. The lowest BCUT2D eigenvalue weighted by molar-refractivity contribution is -0.0498. The Hall–Kier alpha value is -2.17. The molecule has 2 rings (SSSR count). The van der Waals surface area contributed by atoms with Crippen LogP contribution < -0.4 is 4.74 Å². The van der Waals surface area contributed by atoms with Gasteiger partial charge in [-0.25, -0.2) is 0 Å². The first-order valence-corrected chi connectivity index (χ1v) is 4.88. The van der Waals surface area contributed by atoms with E-state index in [0.29, 0.717) is 12.0 Å². The minimum absolute atomic E-state index is 0.103. The molecule has 5 heteroatoms. The van der Waals surface area contributed by atoms with Crippen molar-refractivity contribution in [3.05, 3.63) is 42.1 Å². The topological polar surface area (TPSA) is 42.1 Å². The maximum atomic E-state index is 11.9. The fraction of sp³-hybridized carbons (Fsp3) is 0.0833. The highest BCUT2D eigenvalue weighted by Crippen LogP contribution is 2.22. The SMILES string of the molecule is O=Cc1ccc(-c2ccc(OC(F)F)cc2)[nH]1. The summed E-state index contributed by atoms with van der Waals surface area (Å²) in [5, 5.41) is 0. The van der Waals surface area contributed by atoms with Gasteiger partial charge in [0.25, 0.3) is 0 Å². The van der Waals surface area contributed by atoms with Crippen LogP contribution in [0.1, 0.15) is 10.5 Å². The average molecular weight is 237 g/mol. The number of aromatic nitrogens is 1. The van der Waals surface area contributed by atoms with Gasteiger partial charge in [-0.2, -0.15) is 8.78 Å². The van der Waals surface area contributed by atoms with Crippen molar-refractivity contribution in [2.75, 3.05) is 0 Å². The first kappa shape index (κ1) is 11.3. The number of ether oxygens (including phenoxy) is 1. The molecule has 0 fully saturated rings. The molecule has 0 aliphatic carbocycles. The van der Waals surface area contributed by atoms with Crippen LogP contribution >= 0.6 is 0 Å². The van der Waals surface area contributed by atoms with Crippen molar-refractivity contribution in [1.29, 1.82) is 0 Å². The quantitative estimate of drug-likeness (QED) is 0.830. The smallest absolute Gasteiger partial charge is 0.387 e. The molecule has 0 radical (unpaired) electrons. The van der Waals surface area contributed by atoms with E-state index >= 15 is 0 Å². The van der Waals surface area contributed by atoms with Gasteiger partial charge in [0.15, 0.2) is 6.29 Å². The highest BCUT2D eigenvalue weighted by Gasteiger charge is 2.05. The molecule has 0 aliphatic rings. The molecular formula is C12H9F2NO2. The molecule has 0 bridgehead atoms. The Bertz CT molecular complexity index is 505. The number of nitrogens with one attached hydrogen (secondary N) is 1. The van der Waals surface area contributed by atoms with Crippen LogP contribution in [0.3, 0.4) is 0 Å². The van der Waals surface area contributed by atoms with Crippen molar-refractivity contribution < 1.29 is 18.3 Å². The molecule has 0 amide bonds. The normalized spacial score (nSPS) is 10.5. The summed E-state index contributed by atoms with van der Waals surface area (Å²) in [6.07, 6.45) is 0.706. The fourth-order valence-corrected chi connectivity index (χ4v) is 1.47. The molecule has 0 spiro atoms. The standard InChI is InChI=1S/C12H9F2NO2/c13-12(14)17-10-4-1-8(2-5-10)11-6-3-9(7-16)15-11/h1-7,12,15H. The van der Waals surface area contributed by atoms with Crippen LogP contribution in [0.4, 0.5) is 8.78 Å². The van der Waals surface area contributed by atoms with Crippen molar-refractivity contribution in [3.8, 4) is 17.0 Å². The summed E-state index contributed by atoms with van der Waals surface area (Å²) in [6, 6.07) is 9.56. The Morgan fingerprint density at radius 2 is 1.82 bits per heavy atom. The second-order valence-corrected chi connectivity index (χ2v) is 3.35. The number of benzene rings is 1. The second-order valence-electron chi connectivity index (χ2n) is 3.35. The zero-order chi connectivity index (χ0) is 12.3. The van der Waals surface area contributed by atoms with Gasteiger partial charge in [-0.05, 0) is 42.0 Å². The summed E-state index contributed by atoms with van der Waals surface area (Å²) >= 11 is 0. The van der Waals surface area contributed by atoms with Gasteiger partial charge in [0.2, 0.25) is 0 Å². The third kappa shape index (κ3) is 2.69. The number of hydrogen-bond acceptors (Lipinski definition) is 2. The Kier molecular flexibility index (Phi) is 3.18. The molecule has 0 aliphatic heterocycles. The van der Waals surface area contributed by atoms with E-state index in [-0.39, 0.29) is 5.75 Å². The Balaban J connectivity index is 2.19. The first-order valence-electron chi connectivity index (χ1n) is 4.88. The van der Waals surface area contributed by atoms with Crippen molar-refractivity contribution >= 4 is 6.29 Å². The van der Waals surface area contributed by atoms with Crippen LogP contribution in [-0.2, 0) is 0 Å². The summed E-state index contributed by atoms with van der Waals surface area (Å²) in [7, 11) is 0. The molecule has 0 saturated carbocycles. The number of alkyl halides is 2. The monoisotopic (exact) mass is 237 g/mol. The maximum absolute atomic E-state index is 11.9. The molecule has 2 aromatic rings. The molecule has 0 unspecified atom stereocenters. The van der Waals surface area contributed by atoms with E-state index < -0.39 is 6.61 Å². The van der Waals surface area contributed by atoms with Crippen molar-refractivity contribution in [2.45, 2.75) is 6.61 Å². The molecule has 17 heavy (non-hydrogen) atoms. The molecular weight excluding hydrogens is 228 g/mol. The van der Waals surface area contributed by atoms with Gasteiger partial charge >= 0.3 is 6.61 Å². The van der Waals surface area contributed by atoms with E-state index in [4.69, 9.17) is 0 Å². The summed E-state index contributed by atoms with van der Waals surface area (Å²) in [5.41, 5.74) is 2.00. The van der Waals surface area contributed by atoms with Crippen LogP contribution in [0.15, 0.2) is 36.4 Å². The van der Waals surface area contributed by atoms with Gasteiger partial charge in [0, 0.05) is 5.69 Å². The number of halogens is 2. The Labute approximate surface area is 96.0 Å². The lowest BCUT2D eigenvalue weighted by Gasteiger charge is -2.04. The minimum Gasteiger partial charge on any atom is -0.435 e. The van der Waals surface area contributed by atoms with E-state index in [1.54, 1.807) is 24.3 Å². The molecule has 1 aromatic carbocycles. The van der Waals surface area contributed by atoms with E-state index in [2.05, 4.69) is 9.72 Å². The highest BCUT2D eigenvalue weighted by atomic mass is 19.3. The van der Waals surface area contributed by atoms with Gasteiger partial charge < -0.3 is 9.72 Å². The molecule has 1 aromatic heterocycles. The number of rotatable bonds is 4. The summed E-state index contributed by atoms with van der Waals surface area (Å²) in [6.45, 7) is -2.83. The van der Waals surface area contributed by atoms with Gasteiger partial charge in [0.05, 0.1) is 5.69 Å². The van der Waals surface area contributed by atoms with Gasteiger partial charge in [-0.1, -0.05) is 0 Å². The Morgan fingerprint density at radius 1 is 1.12 bits per heavy atom. The van der Waals surface area contributed by atoms with Crippen LogP contribution in [0, 0.1) is 0 Å². The number of hydrogen-bond donors (Lipinski definition) is 1. The summed E-state index contributed by atoms with van der Waals surface area (Å²) < 4.78 is 28.1. The molecule has 3 nitrogen and oxygen atoms in total. The van der Waals surface area contributed by atoms with Crippen molar-refractivity contribution in [1.82, 2.24) is 4.98 Å². The van der Waals surface area contributed by atoms with Gasteiger partial charge in [-0.15, -0.1) is 0 Å².